The van der Waals surface area contributed by atoms with E-state index in [9.17, 15) is 0 Å². The number of thiophene rings is 1. The van der Waals surface area contributed by atoms with Crippen LogP contribution in [0.25, 0.3) is 0 Å². The molecule has 86 valence electrons. The Labute approximate surface area is 106 Å². The van der Waals surface area contributed by atoms with Gasteiger partial charge in [0.05, 0.1) is 5.02 Å². The smallest absolute Gasteiger partial charge is 0.0558 e. The third-order valence-corrected chi connectivity index (χ3v) is 3.97. The van der Waals surface area contributed by atoms with Crippen molar-refractivity contribution in [3.8, 4) is 0 Å². The minimum Gasteiger partial charge on any atom is -0.327 e. The summed E-state index contributed by atoms with van der Waals surface area (Å²) in [5.74, 6) is 0. The number of rotatable bonds is 2. The normalized spacial score (nSPS) is 22.4. The number of halogens is 2. The zero-order valence-corrected chi connectivity index (χ0v) is 10.9. The third kappa shape index (κ3) is 3.61. The van der Waals surface area contributed by atoms with Gasteiger partial charge in [0.1, 0.15) is 0 Å². The maximum atomic E-state index is 6.05. The van der Waals surface area contributed by atoms with Crippen LogP contribution in [0.3, 0.4) is 0 Å². The Morgan fingerprint density at radius 1 is 1.60 bits per heavy atom. The number of hydrogen-bond acceptors (Lipinski definition) is 3. The molecule has 2 N–H and O–H groups in total. The molecule has 1 aliphatic heterocycles. The van der Waals surface area contributed by atoms with Crippen LogP contribution in [-0.4, -0.2) is 24.0 Å². The second kappa shape index (κ2) is 6.06. The Balaban J connectivity index is 0.00000112. The van der Waals surface area contributed by atoms with Gasteiger partial charge in [-0.2, -0.15) is 0 Å². The lowest BCUT2D eigenvalue weighted by Crippen LogP contribution is -2.42. The molecular weight excluding hydrogens is 251 g/mol. The quantitative estimate of drug-likeness (QED) is 0.892. The third-order valence-electron chi connectivity index (χ3n) is 2.60. The van der Waals surface area contributed by atoms with E-state index in [-0.39, 0.29) is 12.4 Å². The van der Waals surface area contributed by atoms with Gasteiger partial charge in [-0.1, -0.05) is 11.6 Å². The molecule has 1 aromatic rings. The molecule has 1 aromatic heterocycles. The van der Waals surface area contributed by atoms with E-state index in [4.69, 9.17) is 17.3 Å². The predicted octanol–water partition coefficient (Wildman–Crippen LogP) is 2.75. The zero-order valence-electron chi connectivity index (χ0n) is 8.49. The Morgan fingerprint density at radius 3 is 3.00 bits per heavy atom. The van der Waals surface area contributed by atoms with Crippen molar-refractivity contribution < 1.29 is 0 Å². The molecule has 2 heterocycles. The van der Waals surface area contributed by atoms with Crippen molar-refractivity contribution in [3.63, 3.8) is 0 Å². The van der Waals surface area contributed by atoms with Crippen molar-refractivity contribution >= 4 is 35.3 Å². The fraction of sp³-hybridized carbons (Fsp3) is 0.600. The summed E-state index contributed by atoms with van der Waals surface area (Å²) in [6, 6.07) is 2.31. The standard InChI is InChI=1S/C10H15ClN2S.ClH/c11-9-3-5-14-10(9)7-13-4-1-2-8(12)6-13;/h3,5,8H,1-2,4,6-7,12H2;1H/t8-;/m1./s1. The van der Waals surface area contributed by atoms with Crippen molar-refractivity contribution in [1.29, 1.82) is 0 Å². The zero-order chi connectivity index (χ0) is 9.97. The molecule has 1 atom stereocenters. The summed E-state index contributed by atoms with van der Waals surface area (Å²) in [4.78, 5) is 3.66. The number of nitrogens with zero attached hydrogens (tertiary/aromatic N) is 1. The first kappa shape index (κ1) is 13.3. The maximum absolute atomic E-state index is 6.05. The number of hydrogen-bond donors (Lipinski definition) is 1. The molecule has 1 fully saturated rings. The van der Waals surface area contributed by atoms with E-state index >= 15 is 0 Å². The minimum atomic E-state index is 0. The van der Waals surface area contributed by atoms with E-state index in [0.717, 1.165) is 31.1 Å². The summed E-state index contributed by atoms with van der Waals surface area (Å²) in [7, 11) is 0. The fourth-order valence-corrected chi connectivity index (χ4v) is 3.01. The van der Waals surface area contributed by atoms with Crippen LogP contribution in [0.2, 0.25) is 5.02 Å². The van der Waals surface area contributed by atoms with E-state index in [0.29, 0.717) is 6.04 Å². The molecular formula is C10H16Cl2N2S. The molecule has 1 saturated heterocycles. The van der Waals surface area contributed by atoms with Crippen molar-refractivity contribution in [2.75, 3.05) is 13.1 Å². The Morgan fingerprint density at radius 2 is 2.40 bits per heavy atom. The summed E-state index contributed by atoms with van der Waals surface area (Å²) in [5, 5.41) is 2.94. The summed E-state index contributed by atoms with van der Waals surface area (Å²) in [6.07, 6.45) is 2.37. The van der Waals surface area contributed by atoms with Gasteiger partial charge in [-0.25, -0.2) is 0 Å². The topological polar surface area (TPSA) is 29.3 Å². The molecule has 2 nitrogen and oxygen atoms in total. The van der Waals surface area contributed by atoms with Crippen LogP contribution >= 0.6 is 35.3 Å². The molecule has 0 bridgehead atoms. The van der Waals surface area contributed by atoms with Gasteiger partial charge in [0.2, 0.25) is 0 Å². The lowest BCUT2D eigenvalue weighted by atomic mass is 10.1. The van der Waals surface area contributed by atoms with Crippen LogP contribution in [0, 0.1) is 0 Å². The SMILES string of the molecule is Cl.N[C@@H]1CCCN(Cc2sccc2Cl)C1. The second-order valence-electron chi connectivity index (χ2n) is 3.83. The van der Waals surface area contributed by atoms with Crippen molar-refractivity contribution in [2.45, 2.75) is 25.4 Å². The van der Waals surface area contributed by atoms with Gasteiger partial charge >= 0.3 is 0 Å². The van der Waals surface area contributed by atoms with Crippen LogP contribution < -0.4 is 5.73 Å². The van der Waals surface area contributed by atoms with Gasteiger partial charge < -0.3 is 5.73 Å². The average Bonchev–Trinajstić information content (AvgIpc) is 2.52. The van der Waals surface area contributed by atoms with E-state index in [1.54, 1.807) is 11.3 Å². The Hall–Kier alpha value is 0.200. The number of nitrogens with two attached hydrogens (primary N) is 1. The minimum absolute atomic E-state index is 0. The summed E-state index contributed by atoms with van der Waals surface area (Å²) in [5.41, 5.74) is 5.92. The summed E-state index contributed by atoms with van der Waals surface area (Å²) in [6.45, 7) is 3.13. The number of likely N-dealkylation sites (tertiary alicyclic amines) is 1. The van der Waals surface area contributed by atoms with Crippen molar-refractivity contribution in [1.82, 2.24) is 4.90 Å². The lowest BCUT2D eigenvalue weighted by Gasteiger charge is -2.30. The Bertz CT molecular complexity index is 303. The molecule has 0 aliphatic carbocycles. The molecule has 0 spiro atoms. The van der Waals surface area contributed by atoms with Crippen LogP contribution in [0.5, 0.6) is 0 Å². The van der Waals surface area contributed by atoms with Crippen molar-refractivity contribution in [3.05, 3.63) is 21.3 Å². The highest BCUT2D eigenvalue weighted by atomic mass is 35.5. The van der Waals surface area contributed by atoms with Gasteiger partial charge in [-0.15, -0.1) is 23.7 Å². The molecule has 0 saturated carbocycles. The van der Waals surface area contributed by atoms with E-state index in [1.165, 1.54) is 11.3 Å². The molecule has 0 aromatic carbocycles. The predicted molar refractivity (Wildman–Crippen MR) is 69.1 cm³/mol. The molecule has 0 radical (unpaired) electrons. The molecule has 5 heteroatoms. The van der Waals surface area contributed by atoms with Gasteiger partial charge in [-0.3, -0.25) is 4.90 Å². The van der Waals surface area contributed by atoms with Crippen LogP contribution in [-0.2, 0) is 6.54 Å². The van der Waals surface area contributed by atoms with Crippen molar-refractivity contribution in [2.24, 2.45) is 5.73 Å². The molecule has 2 rings (SSSR count). The van der Waals surface area contributed by atoms with Crippen LogP contribution in [0.1, 0.15) is 17.7 Å². The molecule has 1 aliphatic rings. The monoisotopic (exact) mass is 266 g/mol. The first-order chi connectivity index (χ1) is 6.75. The molecule has 0 unspecified atom stereocenters. The van der Waals surface area contributed by atoms with E-state index in [1.807, 2.05) is 11.4 Å². The largest absolute Gasteiger partial charge is 0.327 e. The van der Waals surface area contributed by atoms with E-state index in [2.05, 4.69) is 4.90 Å². The van der Waals surface area contributed by atoms with Gasteiger partial charge in [-0.05, 0) is 30.8 Å². The first-order valence-electron chi connectivity index (χ1n) is 4.95. The van der Waals surface area contributed by atoms with Gasteiger partial charge in [0, 0.05) is 24.0 Å². The average molecular weight is 267 g/mol. The summed E-state index contributed by atoms with van der Waals surface area (Å²) < 4.78 is 0. The van der Waals surface area contributed by atoms with Crippen LogP contribution in [0.4, 0.5) is 0 Å². The Kier molecular flexibility index (Phi) is 5.36. The highest BCUT2D eigenvalue weighted by molar-refractivity contribution is 7.10. The highest BCUT2D eigenvalue weighted by Gasteiger charge is 2.17. The lowest BCUT2D eigenvalue weighted by molar-refractivity contribution is 0.203. The fourth-order valence-electron chi connectivity index (χ4n) is 1.88. The summed E-state index contributed by atoms with van der Waals surface area (Å²) >= 11 is 7.78. The van der Waals surface area contributed by atoms with Gasteiger partial charge in [0.15, 0.2) is 0 Å². The van der Waals surface area contributed by atoms with E-state index < -0.39 is 0 Å². The number of piperidine rings is 1. The van der Waals surface area contributed by atoms with Crippen LogP contribution in [0.15, 0.2) is 11.4 Å². The molecule has 0 amide bonds. The molecule has 15 heavy (non-hydrogen) atoms. The first-order valence-corrected chi connectivity index (χ1v) is 6.21. The highest BCUT2D eigenvalue weighted by Crippen LogP contribution is 2.24. The second-order valence-corrected chi connectivity index (χ2v) is 5.24. The maximum Gasteiger partial charge on any atom is 0.0558 e. The van der Waals surface area contributed by atoms with Gasteiger partial charge in [0.25, 0.3) is 0 Å².